The summed E-state index contributed by atoms with van der Waals surface area (Å²) >= 11 is 0. The lowest BCUT2D eigenvalue weighted by Gasteiger charge is -2.48. The zero-order valence-electron chi connectivity index (χ0n) is 12.3. The van der Waals surface area contributed by atoms with Crippen molar-refractivity contribution in [2.75, 3.05) is 27.7 Å². The van der Waals surface area contributed by atoms with Gasteiger partial charge in [-0.15, -0.1) is 0 Å². The fourth-order valence-corrected chi connectivity index (χ4v) is 4.01. The Bertz CT molecular complexity index is 562. The highest BCUT2D eigenvalue weighted by Gasteiger charge is 2.42. The SMILES string of the molecule is CN(C)C1(CN(C)S(=O)(=O)c2[nH]ncc2CN)CCC1. The summed E-state index contributed by atoms with van der Waals surface area (Å²) in [7, 11) is 2.04. The second-order valence-corrected chi connectivity index (χ2v) is 7.64. The van der Waals surface area contributed by atoms with Gasteiger partial charge in [0.05, 0.1) is 6.20 Å². The zero-order chi connectivity index (χ0) is 15.0. The zero-order valence-corrected chi connectivity index (χ0v) is 13.1. The Morgan fingerprint density at radius 2 is 2.05 bits per heavy atom. The monoisotopic (exact) mass is 301 g/mol. The van der Waals surface area contributed by atoms with Crippen molar-refractivity contribution in [1.82, 2.24) is 19.4 Å². The Balaban J connectivity index is 2.22. The van der Waals surface area contributed by atoms with Gasteiger partial charge in [-0.25, -0.2) is 8.42 Å². The smallest absolute Gasteiger partial charge is 0.260 e. The molecule has 20 heavy (non-hydrogen) atoms. The summed E-state index contributed by atoms with van der Waals surface area (Å²) in [6.07, 6.45) is 4.65. The number of nitrogens with zero attached hydrogens (tertiary/aromatic N) is 3. The van der Waals surface area contributed by atoms with Crippen molar-refractivity contribution >= 4 is 10.0 Å². The Labute approximate surface area is 120 Å². The molecule has 0 unspecified atom stereocenters. The van der Waals surface area contributed by atoms with Crippen LogP contribution in [0.2, 0.25) is 0 Å². The number of hydrogen-bond acceptors (Lipinski definition) is 5. The summed E-state index contributed by atoms with van der Waals surface area (Å²) in [6.45, 7) is 0.628. The van der Waals surface area contributed by atoms with Gasteiger partial charge in [-0.2, -0.15) is 9.40 Å². The van der Waals surface area contributed by atoms with E-state index in [1.165, 1.54) is 10.5 Å². The number of aromatic amines is 1. The van der Waals surface area contributed by atoms with Gasteiger partial charge in [0.15, 0.2) is 5.03 Å². The van der Waals surface area contributed by atoms with Crippen LogP contribution in [0.5, 0.6) is 0 Å². The van der Waals surface area contributed by atoms with Gasteiger partial charge >= 0.3 is 0 Å². The third kappa shape index (κ3) is 2.48. The fraction of sp³-hybridized carbons (Fsp3) is 0.750. The van der Waals surface area contributed by atoms with Gasteiger partial charge in [0.1, 0.15) is 0 Å². The van der Waals surface area contributed by atoms with Crippen LogP contribution in [0, 0.1) is 0 Å². The van der Waals surface area contributed by atoms with E-state index in [0.717, 1.165) is 19.3 Å². The number of rotatable bonds is 6. The van der Waals surface area contributed by atoms with E-state index in [1.54, 1.807) is 7.05 Å². The van der Waals surface area contributed by atoms with Crippen LogP contribution in [-0.4, -0.2) is 61.0 Å². The summed E-state index contributed by atoms with van der Waals surface area (Å²) in [6, 6.07) is 0. The maximum absolute atomic E-state index is 12.6. The average Bonchev–Trinajstić information content (AvgIpc) is 2.81. The maximum atomic E-state index is 12.6. The highest BCUT2D eigenvalue weighted by molar-refractivity contribution is 7.89. The molecule has 1 aromatic rings. The molecule has 8 heteroatoms. The number of sulfonamides is 1. The predicted molar refractivity (Wildman–Crippen MR) is 76.6 cm³/mol. The average molecular weight is 301 g/mol. The molecular formula is C12H23N5O2S. The summed E-state index contributed by atoms with van der Waals surface area (Å²) in [5.41, 5.74) is 6.02. The van der Waals surface area contributed by atoms with E-state index in [1.807, 2.05) is 14.1 Å². The number of hydrogen-bond donors (Lipinski definition) is 2. The van der Waals surface area contributed by atoms with Gasteiger partial charge in [-0.3, -0.25) is 5.10 Å². The molecule has 1 aromatic heterocycles. The number of nitrogens with two attached hydrogens (primary N) is 1. The van der Waals surface area contributed by atoms with Crippen LogP contribution in [0.1, 0.15) is 24.8 Å². The minimum absolute atomic E-state index is 0.0509. The van der Waals surface area contributed by atoms with Crippen LogP contribution < -0.4 is 5.73 Å². The van der Waals surface area contributed by atoms with Gasteiger partial charge in [0.25, 0.3) is 10.0 Å². The standard InChI is InChI=1S/C12H23N5O2S/c1-16(2)12(5-4-6-12)9-17(3)20(18,19)11-10(7-13)8-14-15-11/h8H,4-7,9,13H2,1-3H3,(H,14,15). The molecule has 1 saturated carbocycles. The van der Waals surface area contributed by atoms with Gasteiger partial charge < -0.3 is 10.6 Å². The summed E-state index contributed by atoms with van der Waals surface area (Å²) < 4.78 is 26.6. The Hall–Kier alpha value is -0.960. The number of H-pyrrole nitrogens is 1. The summed E-state index contributed by atoms with van der Waals surface area (Å²) in [5.74, 6) is 0. The quantitative estimate of drug-likeness (QED) is 0.769. The minimum Gasteiger partial charge on any atom is -0.326 e. The van der Waals surface area contributed by atoms with Crippen LogP contribution in [0.4, 0.5) is 0 Å². The highest BCUT2D eigenvalue weighted by Crippen LogP contribution is 2.37. The summed E-state index contributed by atoms with van der Waals surface area (Å²) in [5, 5.41) is 6.45. The first-order valence-electron chi connectivity index (χ1n) is 6.69. The summed E-state index contributed by atoms with van der Waals surface area (Å²) in [4.78, 5) is 2.12. The molecule has 1 aliphatic rings. The van der Waals surface area contributed by atoms with E-state index in [9.17, 15) is 8.42 Å². The third-order valence-electron chi connectivity index (χ3n) is 4.32. The van der Waals surface area contributed by atoms with Crippen molar-refractivity contribution in [1.29, 1.82) is 0 Å². The van der Waals surface area contributed by atoms with E-state index in [2.05, 4.69) is 15.1 Å². The predicted octanol–water partition coefficient (Wildman–Crippen LogP) is -0.0268. The van der Waals surface area contributed by atoms with Gasteiger partial charge in [0.2, 0.25) is 0 Å². The molecule has 2 rings (SSSR count). The second-order valence-electron chi connectivity index (χ2n) is 5.66. The first-order valence-corrected chi connectivity index (χ1v) is 8.13. The van der Waals surface area contributed by atoms with E-state index in [-0.39, 0.29) is 17.1 Å². The van der Waals surface area contributed by atoms with Crippen molar-refractivity contribution in [2.45, 2.75) is 36.4 Å². The Morgan fingerprint density at radius 3 is 2.50 bits per heavy atom. The van der Waals surface area contributed by atoms with Crippen molar-refractivity contribution < 1.29 is 8.42 Å². The van der Waals surface area contributed by atoms with Crippen LogP contribution in [0.15, 0.2) is 11.2 Å². The van der Waals surface area contributed by atoms with Crippen LogP contribution in [0.25, 0.3) is 0 Å². The lowest BCUT2D eigenvalue weighted by Crippen LogP contribution is -2.57. The Morgan fingerprint density at radius 1 is 1.40 bits per heavy atom. The van der Waals surface area contributed by atoms with Crippen molar-refractivity contribution in [3.05, 3.63) is 11.8 Å². The van der Waals surface area contributed by atoms with Gasteiger partial charge in [0, 0.05) is 31.2 Å². The molecule has 0 aromatic carbocycles. The molecular weight excluding hydrogens is 278 g/mol. The molecule has 7 nitrogen and oxygen atoms in total. The molecule has 0 saturated heterocycles. The molecule has 0 spiro atoms. The molecule has 1 aliphatic carbocycles. The second kappa shape index (κ2) is 5.44. The number of aromatic nitrogens is 2. The largest absolute Gasteiger partial charge is 0.326 e. The highest BCUT2D eigenvalue weighted by atomic mass is 32.2. The van der Waals surface area contributed by atoms with Crippen LogP contribution in [-0.2, 0) is 16.6 Å². The van der Waals surface area contributed by atoms with Gasteiger partial charge in [-0.1, -0.05) is 0 Å². The number of likely N-dealkylation sites (N-methyl/N-ethyl adjacent to an activating group) is 2. The van der Waals surface area contributed by atoms with Crippen molar-refractivity contribution in [2.24, 2.45) is 5.73 Å². The lowest BCUT2D eigenvalue weighted by molar-refractivity contribution is 0.0454. The van der Waals surface area contributed by atoms with Crippen LogP contribution >= 0.6 is 0 Å². The maximum Gasteiger partial charge on any atom is 0.260 e. The Kier molecular flexibility index (Phi) is 4.19. The third-order valence-corrected chi connectivity index (χ3v) is 6.14. The van der Waals surface area contributed by atoms with E-state index < -0.39 is 10.0 Å². The first-order chi connectivity index (χ1) is 9.33. The van der Waals surface area contributed by atoms with E-state index in [4.69, 9.17) is 5.73 Å². The minimum atomic E-state index is -3.57. The molecule has 0 radical (unpaired) electrons. The first kappa shape index (κ1) is 15.4. The molecule has 0 atom stereocenters. The van der Waals surface area contributed by atoms with Crippen molar-refractivity contribution in [3.8, 4) is 0 Å². The lowest BCUT2D eigenvalue weighted by atomic mass is 9.75. The topological polar surface area (TPSA) is 95.3 Å². The van der Waals surface area contributed by atoms with Gasteiger partial charge in [-0.05, 0) is 33.4 Å². The van der Waals surface area contributed by atoms with E-state index >= 15 is 0 Å². The van der Waals surface area contributed by atoms with Crippen LogP contribution in [0.3, 0.4) is 0 Å². The number of nitrogens with one attached hydrogen (secondary N) is 1. The molecule has 0 aliphatic heterocycles. The molecule has 1 heterocycles. The molecule has 1 fully saturated rings. The molecule has 3 N–H and O–H groups in total. The van der Waals surface area contributed by atoms with Crippen molar-refractivity contribution in [3.63, 3.8) is 0 Å². The molecule has 0 bridgehead atoms. The van der Waals surface area contributed by atoms with E-state index in [0.29, 0.717) is 12.1 Å². The molecule has 114 valence electrons. The molecule has 0 amide bonds. The normalized spacial score (nSPS) is 18.5. The fourth-order valence-electron chi connectivity index (χ4n) is 2.65.